The molecule has 82 valence electrons. The Kier molecular flexibility index (Phi) is 3.34. The van der Waals surface area contributed by atoms with E-state index in [-0.39, 0.29) is 0 Å². The predicted molar refractivity (Wildman–Crippen MR) is 61.3 cm³/mol. The highest BCUT2D eigenvalue weighted by atomic mass is 15.2. The van der Waals surface area contributed by atoms with Gasteiger partial charge in [0.05, 0.1) is 0 Å². The quantitative estimate of drug-likeness (QED) is 0.731. The van der Waals surface area contributed by atoms with Crippen molar-refractivity contribution >= 4 is 11.8 Å². The molecule has 1 saturated heterocycles. The highest BCUT2D eigenvalue weighted by molar-refractivity contribution is 5.42. The summed E-state index contributed by atoms with van der Waals surface area (Å²) in [5.41, 5.74) is 0. The molecule has 5 nitrogen and oxygen atoms in total. The summed E-state index contributed by atoms with van der Waals surface area (Å²) >= 11 is 0. The van der Waals surface area contributed by atoms with E-state index in [4.69, 9.17) is 0 Å². The van der Waals surface area contributed by atoms with Crippen LogP contribution in [0.4, 0.5) is 11.8 Å². The summed E-state index contributed by atoms with van der Waals surface area (Å²) in [6.45, 7) is 4.20. The van der Waals surface area contributed by atoms with E-state index in [0.29, 0.717) is 5.95 Å². The third-order valence-corrected chi connectivity index (χ3v) is 2.53. The van der Waals surface area contributed by atoms with Crippen molar-refractivity contribution in [1.29, 1.82) is 0 Å². The molecule has 0 radical (unpaired) electrons. The van der Waals surface area contributed by atoms with Crippen LogP contribution in [0.3, 0.4) is 0 Å². The molecular formula is C10H17N5. The van der Waals surface area contributed by atoms with Crippen molar-refractivity contribution in [3.8, 4) is 0 Å². The largest absolute Gasteiger partial charge is 0.357 e. The topological polar surface area (TPSA) is 53.1 Å². The summed E-state index contributed by atoms with van der Waals surface area (Å²) < 4.78 is 0. The van der Waals surface area contributed by atoms with Crippen molar-refractivity contribution in [2.24, 2.45) is 0 Å². The standard InChI is InChI=1S/C10H17N5/c1-11-10-13-5-3-9(14-10)15-7-2-4-12-6-8-15/h3,5,12H,2,4,6-8H2,1H3,(H,11,13,14). The summed E-state index contributed by atoms with van der Waals surface area (Å²) in [7, 11) is 1.84. The first kappa shape index (κ1) is 10.2. The lowest BCUT2D eigenvalue weighted by Gasteiger charge is -2.20. The van der Waals surface area contributed by atoms with E-state index >= 15 is 0 Å². The molecule has 0 bridgehead atoms. The minimum Gasteiger partial charge on any atom is -0.357 e. The van der Waals surface area contributed by atoms with E-state index in [1.165, 1.54) is 6.42 Å². The Bertz CT molecular complexity index is 306. The molecule has 0 atom stereocenters. The summed E-state index contributed by atoms with van der Waals surface area (Å²) in [6, 6.07) is 1.96. The van der Waals surface area contributed by atoms with Gasteiger partial charge in [-0.2, -0.15) is 4.98 Å². The fourth-order valence-corrected chi connectivity index (χ4v) is 1.72. The molecule has 2 N–H and O–H groups in total. The molecule has 0 saturated carbocycles. The molecular weight excluding hydrogens is 190 g/mol. The van der Waals surface area contributed by atoms with Gasteiger partial charge in [-0.15, -0.1) is 0 Å². The lowest BCUT2D eigenvalue weighted by molar-refractivity contribution is 0.724. The van der Waals surface area contributed by atoms with E-state index in [9.17, 15) is 0 Å². The van der Waals surface area contributed by atoms with Crippen LogP contribution >= 0.6 is 0 Å². The van der Waals surface area contributed by atoms with Gasteiger partial charge in [-0.3, -0.25) is 0 Å². The Hall–Kier alpha value is -1.36. The van der Waals surface area contributed by atoms with Gasteiger partial charge < -0.3 is 15.5 Å². The van der Waals surface area contributed by atoms with Crippen molar-refractivity contribution in [2.45, 2.75) is 6.42 Å². The minimum atomic E-state index is 0.685. The zero-order valence-corrected chi connectivity index (χ0v) is 9.03. The zero-order chi connectivity index (χ0) is 10.5. The van der Waals surface area contributed by atoms with Gasteiger partial charge in [-0.05, 0) is 19.0 Å². The predicted octanol–water partition coefficient (Wildman–Crippen LogP) is 0.318. The van der Waals surface area contributed by atoms with Crippen LogP contribution in [0.5, 0.6) is 0 Å². The number of rotatable bonds is 2. The van der Waals surface area contributed by atoms with Crippen LogP contribution in [0.1, 0.15) is 6.42 Å². The Morgan fingerprint density at radius 1 is 1.40 bits per heavy atom. The molecule has 2 heterocycles. The van der Waals surface area contributed by atoms with Crippen molar-refractivity contribution in [3.05, 3.63) is 12.3 Å². The van der Waals surface area contributed by atoms with Crippen molar-refractivity contribution in [1.82, 2.24) is 15.3 Å². The van der Waals surface area contributed by atoms with Crippen LogP contribution in [0.15, 0.2) is 12.3 Å². The molecule has 0 aromatic carbocycles. The maximum absolute atomic E-state index is 4.43. The number of aromatic nitrogens is 2. The van der Waals surface area contributed by atoms with Gasteiger partial charge in [0.2, 0.25) is 5.95 Å². The number of hydrogen-bond donors (Lipinski definition) is 2. The number of nitrogens with zero attached hydrogens (tertiary/aromatic N) is 3. The minimum absolute atomic E-state index is 0.685. The van der Waals surface area contributed by atoms with E-state index in [1.807, 2.05) is 13.1 Å². The third-order valence-electron chi connectivity index (χ3n) is 2.53. The zero-order valence-electron chi connectivity index (χ0n) is 9.03. The number of anilines is 2. The van der Waals surface area contributed by atoms with Crippen molar-refractivity contribution in [2.75, 3.05) is 43.4 Å². The van der Waals surface area contributed by atoms with Crippen LogP contribution in [-0.2, 0) is 0 Å². The second-order valence-electron chi connectivity index (χ2n) is 3.58. The third kappa shape index (κ3) is 2.56. The second-order valence-corrected chi connectivity index (χ2v) is 3.58. The van der Waals surface area contributed by atoms with Gasteiger partial charge in [0.15, 0.2) is 0 Å². The SMILES string of the molecule is CNc1nccc(N2CCCNCC2)n1. The van der Waals surface area contributed by atoms with Crippen LogP contribution in [0.25, 0.3) is 0 Å². The molecule has 1 aliphatic heterocycles. The maximum Gasteiger partial charge on any atom is 0.224 e. The molecule has 15 heavy (non-hydrogen) atoms. The molecule has 1 aromatic heterocycles. The Morgan fingerprint density at radius 3 is 3.20 bits per heavy atom. The molecule has 1 aromatic rings. The highest BCUT2D eigenvalue weighted by Crippen LogP contribution is 2.12. The van der Waals surface area contributed by atoms with E-state index < -0.39 is 0 Å². The lowest BCUT2D eigenvalue weighted by Crippen LogP contribution is -2.28. The Morgan fingerprint density at radius 2 is 2.33 bits per heavy atom. The average molecular weight is 207 g/mol. The van der Waals surface area contributed by atoms with Gasteiger partial charge >= 0.3 is 0 Å². The molecule has 0 spiro atoms. The van der Waals surface area contributed by atoms with Crippen LogP contribution < -0.4 is 15.5 Å². The van der Waals surface area contributed by atoms with Gasteiger partial charge in [0.1, 0.15) is 5.82 Å². The fraction of sp³-hybridized carbons (Fsp3) is 0.600. The van der Waals surface area contributed by atoms with E-state index in [1.54, 1.807) is 6.20 Å². The Balaban J connectivity index is 2.12. The van der Waals surface area contributed by atoms with Crippen molar-refractivity contribution < 1.29 is 0 Å². The maximum atomic E-state index is 4.43. The van der Waals surface area contributed by atoms with Crippen LogP contribution in [0.2, 0.25) is 0 Å². The molecule has 0 amide bonds. The number of hydrogen-bond acceptors (Lipinski definition) is 5. The molecule has 5 heteroatoms. The second kappa shape index (κ2) is 4.93. The van der Waals surface area contributed by atoms with Crippen molar-refractivity contribution in [3.63, 3.8) is 0 Å². The molecule has 0 aliphatic carbocycles. The van der Waals surface area contributed by atoms with E-state index in [2.05, 4.69) is 25.5 Å². The first-order valence-electron chi connectivity index (χ1n) is 5.36. The van der Waals surface area contributed by atoms with Crippen LogP contribution in [-0.4, -0.2) is 43.2 Å². The number of nitrogens with one attached hydrogen (secondary N) is 2. The molecule has 1 aliphatic rings. The van der Waals surface area contributed by atoms with Gasteiger partial charge in [-0.1, -0.05) is 0 Å². The first-order valence-corrected chi connectivity index (χ1v) is 5.36. The summed E-state index contributed by atoms with van der Waals surface area (Å²) in [5, 5.41) is 6.33. The summed E-state index contributed by atoms with van der Waals surface area (Å²) in [5.74, 6) is 1.70. The fourth-order valence-electron chi connectivity index (χ4n) is 1.72. The van der Waals surface area contributed by atoms with Gasteiger partial charge in [0, 0.05) is 32.9 Å². The van der Waals surface area contributed by atoms with E-state index in [0.717, 1.165) is 32.0 Å². The highest BCUT2D eigenvalue weighted by Gasteiger charge is 2.10. The van der Waals surface area contributed by atoms with Gasteiger partial charge in [0.25, 0.3) is 0 Å². The van der Waals surface area contributed by atoms with Gasteiger partial charge in [-0.25, -0.2) is 4.98 Å². The summed E-state index contributed by atoms with van der Waals surface area (Å²) in [4.78, 5) is 10.8. The molecule has 0 unspecified atom stereocenters. The lowest BCUT2D eigenvalue weighted by atomic mass is 10.4. The smallest absolute Gasteiger partial charge is 0.224 e. The molecule has 2 rings (SSSR count). The Labute approximate surface area is 89.9 Å². The summed E-state index contributed by atoms with van der Waals surface area (Å²) in [6.07, 6.45) is 2.96. The van der Waals surface area contributed by atoms with Crippen LogP contribution in [0, 0.1) is 0 Å². The average Bonchev–Trinajstić information content (AvgIpc) is 2.58. The normalized spacial score (nSPS) is 17.3. The molecule has 1 fully saturated rings. The monoisotopic (exact) mass is 207 g/mol. The first-order chi connectivity index (χ1) is 7.40.